The molecule has 1 amide bonds. The van der Waals surface area contributed by atoms with Crippen molar-refractivity contribution in [3.05, 3.63) is 38.9 Å². The van der Waals surface area contributed by atoms with E-state index in [-0.39, 0.29) is 27.1 Å². The second kappa shape index (κ2) is 6.86. The van der Waals surface area contributed by atoms with E-state index in [1.54, 1.807) is 0 Å². The standard InChI is InChI=1S/C12H14BrClN2O3/c1-7(13)6-8(2)15-12(17)11-9(14)4-3-5-10(11)16(18)19/h3-5,7-8H,6H2,1-2H3,(H,15,17). The van der Waals surface area contributed by atoms with Crippen molar-refractivity contribution in [3.63, 3.8) is 0 Å². The second-order valence-corrected chi connectivity index (χ2v) is 6.25. The zero-order valence-corrected chi connectivity index (χ0v) is 12.9. The Balaban J connectivity index is 2.96. The van der Waals surface area contributed by atoms with Crippen LogP contribution in [0.2, 0.25) is 5.02 Å². The highest BCUT2D eigenvalue weighted by Gasteiger charge is 2.24. The van der Waals surface area contributed by atoms with Crippen LogP contribution in [-0.2, 0) is 0 Å². The van der Waals surface area contributed by atoms with Gasteiger partial charge in [0.05, 0.1) is 9.95 Å². The minimum atomic E-state index is -0.613. The lowest BCUT2D eigenvalue weighted by Gasteiger charge is -2.15. The van der Waals surface area contributed by atoms with E-state index in [1.807, 2.05) is 13.8 Å². The van der Waals surface area contributed by atoms with Gasteiger partial charge >= 0.3 is 0 Å². The molecule has 19 heavy (non-hydrogen) atoms. The Hall–Kier alpha value is -1.14. The van der Waals surface area contributed by atoms with Gasteiger partial charge in [0.25, 0.3) is 11.6 Å². The summed E-state index contributed by atoms with van der Waals surface area (Å²) >= 11 is 9.27. The summed E-state index contributed by atoms with van der Waals surface area (Å²) in [7, 11) is 0. The molecule has 5 nitrogen and oxygen atoms in total. The first-order chi connectivity index (χ1) is 8.82. The first-order valence-electron chi connectivity index (χ1n) is 5.70. The maximum absolute atomic E-state index is 12.1. The molecule has 1 aromatic carbocycles. The largest absolute Gasteiger partial charge is 0.349 e. The monoisotopic (exact) mass is 348 g/mol. The van der Waals surface area contributed by atoms with Crippen molar-refractivity contribution >= 4 is 39.1 Å². The molecule has 0 spiro atoms. The predicted octanol–water partition coefficient (Wildman–Crippen LogP) is 3.54. The van der Waals surface area contributed by atoms with E-state index >= 15 is 0 Å². The highest BCUT2D eigenvalue weighted by Crippen LogP contribution is 2.26. The number of rotatable bonds is 5. The molecule has 7 heteroatoms. The highest BCUT2D eigenvalue weighted by atomic mass is 79.9. The number of nitrogens with zero attached hydrogens (tertiary/aromatic N) is 1. The lowest BCUT2D eigenvalue weighted by molar-refractivity contribution is -0.385. The molecule has 104 valence electrons. The topological polar surface area (TPSA) is 72.2 Å². The molecule has 0 saturated heterocycles. The lowest BCUT2D eigenvalue weighted by atomic mass is 10.1. The Morgan fingerprint density at radius 3 is 2.68 bits per heavy atom. The molecule has 0 aliphatic rings. The SMILES string of the molecule is CC(Br)CC(C)NC(=O)c1c(Cl)cccc1[N+](=O)[O-]. The van der Waals surface area contributed by atoms with E-state index in [2.05, 4.69) is 21.2 Å². The maximum Gasteiger partial charge on any atom is 0.283 e. The molecule has 0 heterocycles. The molecule has 0 aliphatic carbocycles. The zero-order valence-electron chi connectivity index (χ0n) is 10.5. The molecule has 0 radical (unpaired) electrons. The van der Waals surface area contributed by atoms with Crippen LogP contribution in [-0.4, -0.2) is 21.7 Å². The number of carbonyl (C=O) groups is 1. The Labute approximate surface area is 124 Å². The molecule has 0 aliphatic heterocycles. The van der Waals surface area contributed by atoms with Crippen LogP contribution in [0, 0.1) is 10.1 Å². The van der Waals surface area contributed by atoms with Gasteiger partial charge in [-0.1, -0.05) is 40.5 Å². The summed E-state index contributed by atoms with van der Waals surface area (Å²) in [5, 5.41) is 13.7. The normalized spacial score (nSPS) is 13.7. The van der Waals surface area contributed by atoms with Gasteiger partial charge in [0.15, 0.2) is 0 Å². The number of nitro groups is 1. The van der Waals surface area contributed by atoms with Crippen LogP contribution < -0.4 is 5.32 Å². The van der Waals surface area contributed by atoms with Gasteiger partial charge in [-0.3, -0.25) is 14.9 Å². The number of carbonyl (C=O) groups excluding carboxylic acids is 1. The summed E-state index contributed by atoms with van der Waals surface area (Å²) in [6.45, 7) is 3.79. The van der Waals surface area contributed by atoms with E-state index in [4.69, 9.17) is 11.6 Å². The molecular weight excluding hydrogens is 336 g/mol. The van der Waals surface area contributed by atoms with Crippen molar-refractivity contribution in [1.29, 1.82) is 0 Å². The average molecular weight is 350 g/mol. The van der Waals surface area contributed by atoms with Gasteiger partial charge in [-0.2, -0.15) is 0 Å². The van der Waals surface area contributed by atoms with Gasteiger partial charge in [0, 0.05) is 16.9 Å². The van der Waals surface area contributed by atoms with Crippen molar-refractivity contribution in [2.45, 2.75) is 31.1 Å². The molecule has 2 atom stereocenters. The van der Waals surface area contributed by atoms with Crippen molar-refractivity contribution < 1.29 is 9.72 Å². The molecule has 0 saturated carbocycles. The zero-order chi connectivity index (χ0) is 14.6. The van der Waals surface area contributed by atoms with Crippen molar-refractivity contribution in [1.82, 2.24) is 5.32 Å². The minimum Gasteiger partial charge on any atom is -0.349 e. The fourth-order valence-electron chi connectivity index (χ4n) is 1.73. The number of hydrogen-bond acceptors (Lipinski definition) is 3. The highest BCUT2D eigenvalue weighted by molar-refractivity contribution is 9.09. The van der Waals surface area contributed by atoms with Crippen molar-refractivity contribution in [2.75, 3.05) is 0 Å². The molecule has 2 unspecified atom stereocenters. The molecule has 1 rings (SSSR count). The summed E-state index contributed by atoms with van der Waals surface area (Å²) in [5.41, 5.74) is -0.382. The minimum absolute atomic E-state index is 0.0748. The van der Waals surface area contributed by atoms with Crippen LogP contribution in [0.5, 0.6) is 0 Å². The van der Waals surface area contributed by atoms with E-state index in [0.717, 1.165) is 0 Å². The Kier molecular flexibility index (Phi) is 5.75. The number of benzene rings is 1. The first kappa shape index (κ1) is 15.9. The third-order valence-electron chi connectivity index (χ3n) is 2.47. The fraction of sp³-hybridized carbons (Fsp3) is 0.417. The van der Waals surface area contributed by atoms with Crippen LogP contribution in [0.1, 0.15) is 30.6 Å². The second-order valence-electron chi connectivity index (χ2n) is 4.28. The summed E-state index contributed by atoms with van der Waals surface area (Å²) in [4.78, 5) is 22.6. The summed E-state index contributed by atoms with van der Waals surface area (Å²) in [5.74, 6) is -0.530. The van der Waals surface area contributed by atoms with Gasteiger partial charge in [0.1, 0.15) is 5.56 Å². The molecule has 0 fully saturated rings. The molecule has 0 aromatic heterocycles. The molecular formula is C12H14BrClN2O3. The van der Waals surface area contributed by atoms with Crippen LogP contribution in [0.4, 0.5) is 5.69 Å². The van der Waals surface area contributed by atoms with E-state index < -0.39 is 10.8 Å². The van der Waals surface area contributed by atoms with Crippen molar-refractivity contribution in [2.24, 2.45) is 0 Å². The van der Waals surface area contributed by atoms with Crippen molar-refractivity contribution in [3.8, 4) is 0 Å². The van der Waals surface area contributed by atoms with Gasteiger partial charge in [-0.25, -0.2) is 0 Å². The van der Waals surface area contributed by atoms with Gasteiger partial charge in [-0.15, -0.1) is 0 Å². The number of halogens is 2. The number of hydrogen-bond donors (Lipinski definition) is 1. The summed E-state index contributed by atoms with van der Waals surface area (Å²) in [6.07, 6.45) is 0.712. The Bertz CT molecular complexity index is 494. The molecule has 1 N–H and O–H groups in total. The Morgan fingerprint density at radius 1 is 1.53 bits per heavy atom. The van der Waals surface area contributed by atoms with E-state index in [9.17, 15) is 14.9 Å². The fourth-order valence-corrected chi connectivity index (χ4v) is 2.55. The summed E-state index contributed by atoms with van der Waals surface area (Å²) < 4.78 is 0. The Morgan fingerprint density at radius 2 is 2.16 bits per heavy atom. The quantitative estimate of drug-likeness (QED) is 0.502. The van der Waals surface area contributed by atoms with E-state index in [1.165, 1.54) is 18.2 Å². The summed E-state index contributed by atoms with van der Waals surface area (Å²) in [6, 6.07) is 4.05. The smallest absolute Gasteiger partial charge is 0.283 e. The third-order valence-corrected chi connectivity index (χ3v) is 3.16. The average Bonchev–Trinajstić information content (AvgIpc) is 2.26. The lowest BCUT2D eigenvalue weighted by Crippen LogP contribution is -2.34. The third kappa shape index (κ3) is 4.47. The maximum atomic E-state index is 12.1. The number of nitro benzene ring substituents is 1. The van der Waals surface area contributed by atoms with Crippen LogP contribution in [0.15, 0.2) is 18.2 Å². The van der Waals surface area contributed by atoms with Crippen LogP contribution >= 0.6 is 27.5 Å². The van der Waals surface area contributed by atoms with Crippen LogP contribution in [0.25, 0.3) is 0 Å². The number of alkyl halides is 1. The number of nitrogens with one attached hydrogen (secondary N) is 1. The molecule has 0 bridgehead atoms. The van der Waals surface area contributed by atoms with Gasteiger partial charge < -0.3 is 5.32 Å². The van der Waals surface area contributed by atoms with Crippen LogP contribution in [0.3, 0.4) is 0 Å². The number of amides is 1. The molecule has 1 aromatic rings. The van der Waals surface area contributed by atoms with E-state index in [0.29, 0.717) is 6.42 Å². The van der Waals surface area contributed by atoms with Gasteiger partial charge in [-0.05, 0) is 19.4 Å². The predicted molar refractivity (Wildman–Crippen MR) is 78.0 cm³/mol. The first-order valence-corrected chi connectivity index (χ1v) is 7.00. The van der Waals surface area contributed by atoms with Gasteiger partial charge in [0.2, 0.25) is 0 Å².